The van der Waals surface area contributed by atoms with Crippen LogP contribution in [0.25, 0.3) is 38.5 Å². The number of rotatable bonds is 5. The number of fused-ring (bicyclic) bond motifs is 2. The molecule has 2 N–H and O–H groups in total. The molecule has 180 valence electrons. The quantitative estimate of drug-likeness (QED) is 0.356. The maximum absolute atomic E-state index is 14.2. The number of nitrogen functional groups attached to an aromatic ring is 1. The van der Waals surface area contributed by atoms with Crippen molar-refractivity contribution >= 4 is 27.6 Å². The van der Waals surface area contributed by atoms with Gasteiger partial charge in [0.1, 0.15) is 0 Å². The van der Waals surface area contributed by atoms with E-state index in [1.807, 2.05) is 77.5 Å². The van der Waals surface area contributed by atoms with Gasteiger partial charge >= 0.3 is 0 Å². The van der Waals surface area contributed by atoms with Crippen LogP contribution in [0.1, 0.15) is 24.2 Å². The maximum atomic E-state index is 14.2. The van der Waals surface area contributed by atoms with Crippen LogP contribution in [0.5, 0.6) is 0 Å². The summed E-state index contributed by atoms with van der Waals surface area (Å²) in [6.45, 7) is 2.13. The molecule has 0 aliphatic heterocycles. The van der Waals surface area contributed by atoms with E-state index in [0.29, 0.717) is 11.8 Å². The zero-order valence-electron chi connectivity index (χ0n) is 20.2. The molecule has 4 aromatic heterocycles. The second-order valence-electron chi connectivity index (χ2n) is 9.08. The fraction of sp³-hybridized carbons (Fsp3) is 0.100. The molecular weight excluding hydrogens is 460 g/mol. The third-order valence-electron chi connectivity index (χ3n) is 6.67. The van der Waals surface area contributed by atoms with E-state index in [4.69, 9.17) is 5.73 Å². The van der Waals surface area contributed by atoms with Crippen LogP contribution < -0.4 is 11.3 Å². The predicted molar refractivity (Wildman–Crippen MR) is 147 cm³/mol. The normalized spacial score (nSPS) is 12.1. The van der Waals surface area contributed by atoms with Gasteiger partial charge in [0.05, 0.1) is 16.6 Å². The van der Waals surface area contributed by atoms with Crippen molar-refractivity contribution in [3.8, 4) is 16.8 Å². The summed E-state index contributed by atoms with van der Waals surface area (Å²) in [6.07, 6.45) is 7.55. The van der Waals surface area contributed by atoms with Gasteiger partial charge in [-0.15, -0.1) is 0 Å². The van der Waals surface area contributed by atoms with E-state index in [-0.39, 0.29) is 17.4 Å². The molecule has 0 saturated heterocycles. The van der Waals surface area contributed by atoms with Crippen molar-refractivity contribution in [3.05, 3.63) is 119 Å². The van der Waals surface area contributed by atoms with Crippen LogP contribution in [0.3, 0.4) is 0 Å². The first-order valence-electron chi connectivity index (χ1n) is 12.1. The molecule has 0 unspecified atom stereocenters. The van der Waals surface area contributed by atoms with Crippen molar-refractivity contribution in [1.29, 1.82) is 0 Å². The molecule has 7 nitrogen and oxygen atoms in total. The minimum Gasteiger partial charge on any atom is -0.368 e. The number of hydrogen-bond donors (Lipinski definition) is 1. The van der Waals surface area contributed by atoms with Crippen LogP contribution in [-0.2, 0) is 6.42 Å². The van der Waals surface area contributed by atoms with Crippen molar-refractivity contribution in [2.75, 3.05) is 5.73 Å². The van der Waals surface area contributed by atoms with Crippen LogP contribution in [-0.4, -0.2) is 24.5 Å². The van der Waals surface area contributed by atoms with Gasteiger partial charge in [0.25, 0.3) is 5.56 Å². The third-order valence-corrected chi connectivity index (χ3v) is 6.67. The van der Waals surface area contributed by atoms with Gasteiger partial charge in [0.15, 0.2) is 0 Å². The summed E-state index contributed by atoms with van der Waals surface area (Å²) in [5, 5.41) is 2.52. The molecule has 0 saturated carbocycles. The van der Waals surface area contributed by atoms with Gasteiger partial charge in [-0.25, -0.2) is 9.97 Å². The molecule has 7 heteroatoms. The predicted octanol–water partition coefficient (Wildman–Crippen LogP) is 5.32. The topological polar surface area (TPSA) is 99.6 Å². The number of aromatic nitrogens is 5. The van der Waals surface area contributed by atoms with Crippen molar-refractivity contribution in [2.24, 2.45) is 0 Å². The Kier molecular flexibility index (Phi) is 5.65. The fourth-order valence-corrected chi connectivity index (χ4v) is 4.91. The summed E-state index contributed by atoms with van der Waals surface area (Å²) >= 11 is 0. The SMILES string of the molecule is C[C@H](Cc1nccc2cccnc12)c1cc2cccc(-c3cnc(N)nc3)c2c(=O)n1-c1ccccc1. The van der Waals surface area contributed by atoms with E-state index in [0.717, 1.165) is 44.5 Å². The van der Waals surface area contributed by atoms with E-state index < -0.39 is 0 Å². The van der Waals surface area contributed by atoms with Crippen molar-refractivity contribution in [2.45, 2.75) is 19.3 Å². The summed E-state index contributed by atoms with van der Waals surface area (Å²) in [6, 6.07) is 23.6. The minimum absolute atomic E-state index is 0.0130. The fourth-order valence-electron chi connectivity index (χ4n) is 4.91. The highest BCUT2D eigenvalue weighted by Crippen LogP contribution is 2.31. The van der Waals surface area contributed by atoms with Crippen molar-refractivity contribution in [3.63, 3.8) is 0 Å². The smallest absolute Gasteiger partial charge is 0.263 e. The van der Waals surface area contributed by atoms with Crippen LogP contribution in [0.15, 0.2) is 102 Å². The van der Waals surface area contributed by atoms with Crippen LogP contribution in [0.4, 0.5) is 5.95 Å². The largest absolute Gasteiger partial charge is 0.368 e. The standard InChI is InChI=1S/C30H24N6O/c1-19(15-25-28-20(12-14-32-25)8-6-13-33-28)26-16-21-7-5-11-24(22-17-34-30(31)35-18-22)27(21)29(37)36(26)23-9-3-2-4-10-23/h2-14,16-19H,15H2,1H3,(H2,31,34,35)/t19-/m1/s1. The zero-order valence-corrected chi connectivity index (χ0v) is 20.2. The molecule has 0 aliphatic rings. The lowest BCUT2D eigenvalue weighted by Gasteiger charge is -2.21. The van der Waals surface area contributed by atoms with Gasteiger partial charge in [0, 0.05) is 53.0 Å². The summed E-state index contributed by atoms with van der Waals surface area (Å²) in [5.41, 5.74) is 10.6. The molecular formula is C30H24N6O. The average Bonchev–Trinajstić information content (AvgIpc) is 2.94. The lowest BCUT2D eigenvalue weighted by atomic mass is 9.95. The lowest BCUT2D eigenvalue weighted by molar-refractivity contribution is 0.688. The van der Waals surface area contributed by atoms with Crippen LogP contribution in [0, 0.1) is 0 Å². The first-order chi connectivity index (χ1) is 18.1. The Labute approximate surface area is 213 Å². The molecule has 6 aromatic rings. The molecule has 0 fully saturated rings. The van der Waals surface area contributed by atoms with E-state index >= 15 is 0 Å². The molecule has 0 amide bonds. The Hall–Kier alpha value is -4.91. The van der Waals surface area contributed by atoms with E-state index in [9.17, 15) is 4.79 Å². The van der Waals surface area contributed by atoms with Gasteiger partial charge in [-0.05, 0) is 47.7 Å². The first kappa shape index (κ1) is 22.5. The van der Waals surface area contributed by atoms with Crippen LogP contribution in [0.2, 0.25) is 0 Å². The number of para-hydroxylation sites is 1. The van der Waals surface area contributed by atoms with E-state index in [1.54, 1.807) is 18.6 Å². The molecule has 0 spiro atoms. The molecule has 0 aliphatic carbocycles. The highest BCUT2D eigenvalue weighted by atomic mass is 16.1. The third kappa shape index (κ3) is 4.10. The first-order valence-corrected chi connectivity index (χ1v) is 12.1. The summed E-state index contributed by atoms with van der Waals surface area (Å²) in [7, 11) is 0. The lowest BCUT2D eigenvalue weighted by Crippen LogP contribution is -2.24. The Morgan fingerprint density at radius 1 is 0.838 bits per heavy atom. The Morgan fingerprint density at radius 3 is 2.43 bits per heavy atom. The highest BCUT2D eigenvalue weighted by Gasteiger charge is 2.20. The molecule has 1 atom stereocenters. The highest BCUT2D eigenvalue weighted by molar-refractivity contribution is 5.96. The van der Waals surface area contributed by atoms with Crippen molar-refractivity contribution in [1.82, 2.24) is 24.5 Å². The molecule has 37 heavy (non-hydrogen) atoms. The van der Waals surface area contributed by atoms with Gasteiger partial charge in [-0.3, -0.25) is 19.3 Å². The van der Waals surface area contributed by atoms with E-state index in [1.165, 1.54) is 0 Å². The molecule has 2 aromatic carbocycles. The molecule has 4 heterocycles. The summed E-state index contributed by atoms with van der Waals surface area (Å²) in [4.78, 5) is 31.7. The second-order valence-corrected chi connectivity index (χ2v) is 9.08. The second kappa shape index (κ2) is 9.28. The summed E-state index contributed by atoms with van der Waals surface area (Å²) < 4.78 is 1.81. The summed E-state index contributed by atoms with van der Waals surface area (Å²) in [5.74, 6) is 0.180. The molecule has 6 rings (SSSR count). The van der Waals surface area contributed by atoms with E-state index in [2.05, 4.69) is 32.9 Å². The number of nitrogens with zero attached hydrogens (tertiary/aromatic N) is 5. The number of anilines is 1. The average molecular weight is 485 g/mol. The van der Waals surface area contributed by atoms with Gasteiger partial charge < -0.3 is 5.73 Å². The Bertz CT molecular complexity index is 1790. The number of benzene rings is 2. The molecule has 0 bridgehead atoms. The number of hydrogen-bond acceptors (Lipinski definition) is 6. The Morgan fingerprint density at radius 2 is 1.62 bits per heavy atom. The number of pyridine rings is 3. The zero-order chi connectivity index (χ0) is 25.4. The Balaban J connectivity index is 1.56. The van der Waals surface area contributed by atoms with Crippen LogP contribution >= 0.6 is 0 Å². The minimum atomic E-state index is -0.0954. The monoisotopic (exact) mass is 484 g/mol. The molecule has 0 radical (unpaired) electrons. The van der Waals surface area contributed by atoms with Gasteiger partial charge in [-0.1, -0.05) is 49.4 Å². The number of nitrogens with two attached hydrogens (primary N) is 1. The van der Waals surface area contributed by atoms with Crippen molar-refractivity contribution < 1.29 is 0 Å². The maximum Gasteiger partial charge on any atom is 0.263 e. The van der Waals surface area contributed by atoms with Gasteiger partial charge in [-0.2, -0.15) is 0 Å². The van der Waals surface area contributed by atoms with Gasteiger partial charge in [0.2, 0.25) is 5.95 Å².